The quantitative estimate of drug-likeness (QED) is 0.285. The lowest BCUT2D eigenvalue weighted by atomic mass is 9.99. The van der Waals surface area contributed by atoms with Crippen molar-refractivity contribution in [3.05, 3.63) is 122 Å². The van der Waals surface area contributed by atoms with Crippen LogP contribution in [0.2, 0.25) is 0 Å². The molecule has 0 radical (unpaired) electrons. The molecule has 0 saturated carbocycles. The number of aromatic amines is 1. The predicted molar refractivity (Wildman–Crippen MR) is 149 cm³/mol. The Kier molecular flexibility index (Phi) is 5.03. The molecular weight excluding hydrogens is 454 g/mol. The lowest BCUT2D eigenvalue weighted by Crippen LogP contribution is -2.00. The summed E-state index contributed by atoms with van der Waals surface area (Å²) in [4.78, 5) is 22.7. The summed E-state index contributed by atoms with van der Waals surface area (Å²) >= 11 is 0. The topological polar surface area (TPSA) is 67.3 Å². The van der Waals surface area contributed by atoms with Gasteiger partial charge in [0, 0.05) is 56.5 Å². The van der Waals surface area contributed by atoms with Gasteiger partial charge in [-0.05, 0) is 23.8 Å². The molecule has 5 nitrogen and oxygen atoms in total. The van der Waals surface area contributed by atoms with Crippen LogP contribution in [0.25, 0.3) is 67.1 Å². The van der Waals surface area contributed by atoms with E-state index in [1.807, 2.05) is 73.1 Å². The fraction of sp³-hybridized carbons (Fsp3) is 0. The first kappa shape index (κ1) is 21.1. The molecular formula is C32H21N5. The van der Waals surface area contributed by atoms with Crippen LogP contribution < -0.4 is 0 Å². The number of hydrogen-bond donors (Lipinski definition) is 1. The van der Waals surface area contributed by atoms with E-state index in [0.29, 0.717) is 17.5 Å². The third-order valence-corrected chi connectivity index (χ3v) is 6.54. The number of para-hydroxylation sites is 1. The second-order valence-electron chi connectivity index (χ2n) is 8.90. The van der Waals surface area contributed by atoms with E-state index in [9.17, 15) is 0 Å². The largest absolute Gasteiger partial charge is 0.354 e. The van der Waals surface area contributed by atoms with Crippen molar-refractivity contribution < 1.29 is 0 Å². The summed E-state index contributed by atoms with van der Waals surface area (Å²) in [6.45, 7) is 0. The van der Waals surface area contributed by atoms with Crippen molar-refractivity contribution in [2.75, 3.05) is 0 Å². The number of benzene rings is 4. The summed E-state index contributed by atoms with van der Waals surface area (Å²) in [5.74, 6) is 1.86. The van der Waals surface area contributed by atoms with Gasteiger partial charge in [-0.25, -0.2) is 15.0 Å². The zero-order valence-corrected chi connectivity index (χ0v) is 19.8. The fourth-order valence-corrected chi connectivity index (χ4v) is 4.79. The highest BCUT2D eigenvalue weighted by Crippen LogP contribution is 2.35. The van der Waals surface area contributed by atoms with Gasteiger partial charge in [0.25, 0.3) is 0 Å². The standard InChI is InChI=1S/C32H21N5/c1-3-10-21(11-4-1)30-35-31(22-12-5-2-6-13-22)37-32(36-30)24-18-23(19-33-20-24)25-15-9-17-28-29(25)26-14-7-8-16-27(26)34-28/h1-20,34H. The molecule has 3 aromatic heterocycles. The molecule has 0 aliphatic heterocycles. The summed E-state index contributed by atoms with van der Waals surface area (Å²) in [7, 11) is 0. The molecule has 0 atom stereocenters. The molecule has 37 heavy (non-hydrogen) atoms. The monoisotopic (exact) mass is 475 g/mol. The SMILES string of the molecule is c1ccc(-c2nc(-c3ccccc3)nc(-c3cncc(-c4cccc5[nH]c6ccccc6c45)c3)n2)cc1. The summed E-state index contributed by atoms with van der Waals surface area (Å²) in [5, 5.41) is 2.37. The van der Waals surface area contributed by atoms with E-state index in [2.05, 4.69) is 58.5 Å². The van der Waals surface area contributed by atoms with Crippen LogP contribution in [-0.2, 0) is 0 Å². The zero-order chi connectivity index (χ0) is 24.6. The molecule has 4 aromatic carbocycles. The molecule has 0 bridgehead atoms. The number of fused-ring (bicyclic) bond motifs is 3. The molecule has 0 amide bonds. The molecule has 3 heterocycles. The van der Waals surface area contributed by atoms with Crippen molar-refractivity contribution in [3.8, 4) is 45.3 Å². The minimum Gasteiger partial charge on any atom is -0.354 e. The van der Waals surface area contributed by atoms with Crippen molar-refractivity contribution >= 4 is 21.8 Å². The Hall–Kier alpha value is -5.16. The zero-order valence-electron chi connectivity index (χ0n) is 19.8. The molecule has 7 aromatic rings. The normalized spacial score (nSPS) is 11.2. The molecule has 1 N–H and O–H groups in total. The summed E-state index contributed by atoms with van der Waals surface area (Å²) in [5.41, 5.74) is 7.06. The van der Waals surface area contributed by atoms with Crippen molar-refractivity contribution in [1.29, 1.82) is 0 Å². The Morgan fingerprint density at radius 2 is 1.03 bits per heavy atom. The van der Waals surface area contributed by atoms with Gasteiger partial charge in [0.05, 0.1) is 0 Å². The maximum Gasteiger partial charge on any atom is 0.165 e. The summed E-state index contributed by atoms with van der Waals surface area (Å²) in [6, 6.07) is 36.8. The summed E-state index contributed by atoms with van der Waals surface area (Å²) in [6.07, 6.45) is 3.72. The predicted octanol–water partition coefficient (Wildman–Crippen LogP) is 7.57. The highest BCUT2D eigenvalue weighted by molar-refractivity contribution is 6.14. The van der Waals surface area contributed by atoms with Crippen LogP contribution in [0, 0.1) is 0 Å². The van der Waals surface area contributed by atoms with Crippen LogP contribution in [0.3, 0.4) is 0 Å². The van der Waals surface area contributed by atoms with Crippen LogP contribution in [0.1, 0.15) is 0 Å². The van der Waals surface area contributed by atoms with E-state index < -0.39 is 0 Å². The van der Waals surface area contributed by atoms with Crippen molar-refractivity contribution in [3.63, 3.8) is 0 Å². The van der Waals surface area contributed by atoms with Gasteiger partial charge in [-0.3, -0.25) is 4.98 Å². The number of aromatic nitrogens is 5. The first-order valence-electron chi connectivity index (χ1n) is 12.2. The molecule has 0 unspecified atom stereocenters. The van der Waals surface area contributed by atoms with Crippen LogP contribution in [0.15, 0.2) is 122 Å². The molecule has 0 saturated heterocycles. The number of H-pyrrole nitrogens is 1. The smallest absolute Gasteiger partial charge is 0.165 e. The number of pyridine rings is 1. The molecule has 0 spiro atoms. The van der Waals surface area contributed by atoms with E-state index in [0.717, 1.165) is 38.9 Å². The van der Waals surface area contributed by atoms with Gasteiger partial charge in [0.1, 0.15) is 0 Å². The molecule has 5 heteroatoms. The van der Waals surface area contributed by atoms with E-state index in [4.69, 9.17) is 15.0 Å². The van der Waals surface area contributed by atoms with E-state index in [-0.39, 0.29) is 0 Å². The average molecular weight is 476 g/mol. The lowest BCUT2D eigenvalue weighted by Gasteiger charge is -2.10. The van der Waals surface area contributed by atoms with Crippen molar-refractivity contribution in [2.24, 2.45) is 0 Å². The van der Waals surface area contributed by atoms with Crippen molar-refractivity contribution in [2.45, 2.75) is 0 Å². The minimum absolute atomic E-state index is 0.591. The van der Waals surface area contributed by atoms with Gasteiger partial charge in [-0.1, -0.05) is 91.0 Å². The number of nitrogens with zero attached hydrogens (tertiary/aromatic N) is 4. The second-order valence-corrected chi connectivity index (χ2v) is 8.90. The maximum absolute atomic E-state index is 4.87. The number of hydrogen-bond acceptors (Lipinski definition) is 4. The van der Waals surface area contributed by atoms with E-state index >= 15 is 0 Å². The molecule has 7 rings (SSSR count). The molecule has 0 fully saturated rings. The van der Waals surface area contributed by atoms with Gasteiger partial charge in [0.15, 0.2) is 17.5 Å². The number of nitrogens with one attached hydrogen (secondary N) is 1. The fourth-order valence-electron chi connectivity index (χ4n) is 4.79. The third-order valence-electron chi connectivity index (χ3n) is 6.54. The Balaban J connectivity index is 1.41. The maximum atomic E-state index is 4.87. The van der Waals surface area contributed by atoms with Crippen LogP contribution in [0.4, 0.5) is 0 Å². The van der Waals surface area contributed by atoms with Crippen LogP contribution in [-0.4, -0.2) is 24.9 Å². The Morgan fingerprint density at radius 1 is 0.459 bits per heavy atom. The van der Waals surface area contributed by atoms with E-state index in [1.165, 1.54) is 10.8 Å². The lowest BCUT2D eigenvalue weighted by molar-refractivity contribution is 1.07. The van der Waals surface area contributed by atoms with Gasteiger partial charge < -0.3 is 4.98 Å². The second kappa shape index (κ2) is 8.81. The first-order valence-corrected chi connectivity index (χ1v) is 12.2. The average Bonchev–Trinajstić information content (AvgIpc) is 3.37. The minimum atomic E-state index is 0.591. The van der Waals surface area contributed by atoms with Crippen LogP contribution >= 0.6 is 0 Å². The first-order chi connectivity index (χ1) is 18.3. The molecule has 174 valence electrons. The van der Waals surface area contributed by atoms with Gasteiger partial charge in [-0.2, -0.15) is 0 Å². The highest BCUT2D eigenvalue weighted by atomic mass is 15.0. The Labute approximate surface area is 213 Å². The summed E-state index contributed by atoms with van der Waals surface area (Å²) < 4.78 is 0. The Bertz CT molecular complexity index is 1820. The van der Waals surface area contributed by atoms with Gasteiger partial charge in [-0.15, -0.1) is 0 Å². The van der Waals surface area contributed by atoms with Gasteiger partial charge >= 0.3 is 0 Å². The molecule has 0 aliphatic rings. The van der Waals surface area contributed by atoms with E-state index in [1.54, 1.807) is 0 Å². The third kappa shape index (κ3) is 3.83. The Morgan fingerprint density at radius 3 is 1.73 bits per heavy atom. The number of rotatable bonds is 4. The van der Waals surface area contributed by atoms with Crippen molar-refractivity contribution in [1.82, 2.24) is 24.9 Å². The van der Waals surface area contributed by atoms with Gasteiger partial charge in [0.2, 0.25) is 0 Å². The highest BCUT2D eigenvalue weighted by Gasteiger charge is 2.15. The molecule has 0 aliphatic carbocycles. The van der Waals surface area contributed by atoms with Crippen LogP contribution in [0.5, 0.6) is 0 Å².